The van der Waals surface area contributed by atoms with Crippen LogP contribution in [0.25, 0.3) is 0 Å². The first-order chi connectivity index (χ1) is 13.3. The number of nitrogens with zero attached hydrogens (tertiary/aromatic N) is 4. The zero-order valence-corrected chi connectivity index (χ0v) is 17.3. The maximum Gasteiger partial charge on any atom is 4.00 e. The van der Waals surface area contributed by atoms with Crippen molar-refractivity contribution in [1.29, 1.82) is 0 Å². The second-order valence-electron chi connectivity index (χ2n) is 7.15. The van der Waals surface area contributed by atoms with Gasteiger partial charge in [0.25, 0.3) is 0 Å². The molecule has 2 atom stereocenters. The molecule has 3 heterocycles. The van der Waals surface area contributed by atoms with Crippen LogP contribution in [0, 0.1) is 25.5 Å². The zero-order valence-electron chi connectivity index (χ0n) is 15.0. The maximum atomic E-state index is 6.04. The Bertz CT molecular complexity index is 870. The molecule has 4 aliphatic rings. The Morgan fingerprint density at radius 2 is 1.25 bits per heavy atom. The summed E-state index contributed by atoms with van der Waals surface area (Å²) in [6, 6.07) is 19.6. The van der Waals surface area contributed by atoms with Crippen molar-refractivity contribution in [3.63, 3.8) is 0 Å². The van der Waals surface area contributed by atoms with Gasteiger partial charge in [-0.15, -0.1) is 47.8 Å². The van der Waals surface area contributed by atoms with E-state index in [1.165, 1.54) is 12.8 Å². The fraction of sp³-hybridized carbons (Fsp3) is 0.182. The summed E-state index contributed by atoms with van der Waals surface area (Å²) in [7, 11) is 0. The molecule has 2 unspecified atom stereocenters. The molecule has 0 radical (unpaired) electrons. The van der Waals surface area contributed by atoms with Crippen molar-refractivity contribution in [3.8, 4) is 11.5 Å². The van der Waals surface area contributed by atoms with E-state index < -0.39 is 0 Å². The van der Waals surface area contributed by atoms with Gasteiger partial charge in [0.2, 0.25) is 0 Å². The van der Waals surface area contributed by atoms with Gasteiger partial charge in [0.15, 0.2) is 0 Å². The first-order valence-electron chi connectivity index (χ1n) is 9.24. The molecule has 1 aliphatic carbocycles. The van der Waals surface area contributed by atoms with Crippen LogP contribution in [-0.4, -0.2) is 21.9 Å². The molecular formula is C22H18N4OPt. The second-order valence-corrected chi connectivity index (χ2v) is 7.15. The van der Waals surface area contributed by atoms with Crippen LogP contribution in [0.5, 0.6) is 11.5 Å². The van der Waals surface area contributed by atoms with Crippen LogP contribution in [0.3, 0.4) is 0 Å². The molecule has 2 aromatic rings. The third-order valence-electron chi connectivity index (χ3n) is 5.56. The van der Waals surface area contributed by atoms with E-state index in [-0.39, 0.29) is 21.1 Å². The van der Waals surface area contributed by atoms with E-state index in [2.05, 4.69) is 69.9 Å². The van der Waals surface area contributed by atoms with E-state index in [9.17, 15) is 0 Å². The van der Waals surface area contributed by atoms with Crippen molar-refractivity contribution in [2.24, 2.45) is 0 Å². The summed E-state index contributed by atoms with van der Waals surface area (Å²) >= 11 is 0. The van der Waals surface area contributed by atoms with Crippen molar-refractivity contribution in [3.05, 3.63) is 86.7 Å². The minimum absolute atomic E-state index is 0. The SMILES string of the molecule is [Pt+4].[c-]1c2cccc1N1C=CN([CH-]1)C1CCC1N1C=CN([CH-]1)c1[c-]c(ccc1)O2. The van der Waals surface area contributed by atoms with Gasteiger partial charge in [-0.2, -0.15) is 25.5 Å². The first-order valence-corrected chi connectivity index (χ1v) is 9.24. The number of hydrogen-bond donors (Lipinski definition) is 0. The van der Waals surface area contributed by atoms with Crippen LogP contribution in [0.4, 0.5) is 11.4 Å². The van der Waals surface area contributed by atoms with Crippen LogP contribution in [0.15, 0.2) is 61.2 Å². The number of fused-ring (bicyclic) bond motifs is 13. The Hall–Kier alpha value is -2.39. The van der Waals surface area contributed by atoms with Crippen molar-refractivity contribution < 1.29 is 25.8 Å². The molecule has 142 valence electrons. The number of anilines is 2. The molecule has 0 saturated heterocycles. The van der Waals surface area contributed by atoms with Crippen molar-refractivity contribution in [1.82, 2.24) is 9.80 Å². The monoisotopic (exact) mass is 549 g/mol. The standard InChI is InChI=1S/C22H18N4O.Pt/c1-3-17-13-19(5-1)27-20-6-2-4-18(14-20)24-10-12-26(16-24)22-8-7-21(22)25-11-9-23(17)15-25;/h1-6,9-12,15-16,21-22H,7-8H2;/q-4;+4. The third-order valence-corrected chi connectivity index (χ3v) is 5.56. The number of rotatable bonds is 0. The van der Waals surface area contributed by atoms with Gasteiger partial charge in [-0.1, -0.05) is 0 Å². The fourth-order valence-electron chi connectivity index (χ4n) is 3.99. The molecule has 6 rings (SSSR count). The van der Waals surface area contributed by atoms with Crippen molar-refractivity contribution in [2.45, 2.75) is 24.9 Å². The summed E-state index contributed by atoms with van der Waals surface area (Å²) in [5, 5.41) is 0. The molecule has 0 N–H and O–H groups in total. The molecule has 3 aliphatic heterocycles. The van der Waals surface area contributed by atoms with Crippen LogP contribution >= 0.6 is 0 Å². The van der Waals surface area contributed by atoms with Gasteiger partial charge in [-0.25, -0.2) is 0 Å². The van der Waals surface area contributed by atoms with E-state index in [1.807, 2.05) is 36.4 Å². The number of benzene rings is 2. The van der Waals surface area contributed by atoms with Crippen LogP contribution in [0.1, 0.15) is 12.8 Å². The van der Waals surface area contributed by atoms with Gasteiger partial charge in [0.1, 0.15) is 0 Å². The van der Waals surface area contributed by atoms with Gasteiger partial charge in [-0.3, -0.25) is 0 Å². The van der Waals surface area contributed by atoms with Crippen molar-refractivity contribution >= 4 is 11.4 Å². The number of ether oxygens (including phenoxy) is 1. The van der Waals surface area contributed by atoms with E-state index in [4.69, 9.17) is 4.74 Å². The summed E-state index contributed by atoms with van der Waals surface area (Å²) in [6.45, 7) is 4.30. The third kappa shape index (κ3) is 2.89. The average Bonchev–Trinajstić information content (AvgIpc) is 3.31. The minimum atomic E-state index is 0. The zero-order chi connectivity index (χ0) is 17.8. The summed E-state index contributed by atoms with van der Waals surface area (Å²) in [4.78, 5) is 8.81. The molecule has 6 heteroatoms. The molecule has 0 aromatic heterocycles. The van der Waals surface area contributed by atoms with Gasteiger partial charge < -0.3 is 24.3 Å². The second kappa shape index (κ2) is 6.89. The van der Waals surface area contributed by atoms with E-state index in [0.717, 1.165) is 11.4 Å². The summed E-state index contributed by atoms with van der Waals surface area (Å²) in [6.07, 6.45) is 10.8. The molecule has 8 bridgehead atoms. The van der Waals surface area contributed by atoms with Gasteiger partial charge in [0, 0.05) is 23.6 Å². The molecule has 1 fully saturated rings. The Morgan fingerprint density at radius 1 is 0.750 bits per heavy atom. The summed E-state index contributed by atoms with van der Waals surface area (Å²) in [5.41, 5.74) is 1.93. The predicted octanol–water partition coefficient (Wildman–Crippen LogP) is 4.05. The quantitative estimate of drug-likeness (QED) is 0.462. The topological polar surface area (TPSA) is 22.2 Å². The largest absolute Gasteiger partial charge is 4.00 e. The molecule has 1 saturated carbocycles. The van der Waals surface area contributed by atoms with Gasteiger partial charge in [-0.05, 0) is 37.6 Å². The molecule has 28 heavy (non-hydrogen) atoms. The molecule has 0 spiro atoms. The van der Waals surface area contributed by atoms with Crippen molar-refractivity contribution in [2.75, 3.05) is 9.80 Å². The molecular weight excluding hydrogens is 531 g/mol. The average molecular weight is 549 g/mol. The van der Waals surface area contributed by atoms with Gasteiger partial charge in [0.05, 0.1) is 0 Å². The van der Waals surface area contributed by atoms with Crippen LogP contribution < -0.4 is 14.5 Å². The van der Waals surface area contributed by atoms with E-state index in [0.29, 0.717) is 23.6 Å². The Labute approximate surface area is 179 Å². The summed E-state index contributed by atoms with van der Waals surface area (Å²) in [5.74, 6) is 1.36. The van der Waals surface area contributed by atoms with Crippen LogP contribution in [0.2, 0.25) is 0 Å². The molecule has 0 amide bonds. The van der Waals surface area contributed by atoms with Gasteiger partial charge >= 0.3 is 21.1 Å². The minimum Gasteiger partial charge on any atom is -0.509 e. The van der Waals surface area contributed by atoms with E-state index in [1.54, 1.807) is 0 Å². The van der Waals surface area contributed by atoms with Crippen LogP contribution in [-0.2, 0) is 21.1 Å². The Morgan fingerprint density at radius 3 is 1.71 bits per heavy atom. The maximum absolute atomic E-state index is 6.04. The predicted molar refractivity (Wildman–Crippen MR) is 103 cm³/mol. The van der Waals surface area contributed by atoms with E-state index >= 15 is 0 Å². The first kappa shape index (κ1) is 17.7. The smallest absolute Gasteiger partial charge is 0.509 e. The Kier molecular flexibility index (Phi) is 4.35. The Balaban J connectivity index is 0.00000171. The molecule has 5 nitrogen and oxygen atoms in total. The molecule has 2 aromatic carbocycles. The normalized spacial score (nSPS) is 24.0. The fourth-order valence-corrected chi connectivity index (χ4v) is 3.99. The summed E-state index contributed by atoms with van der Waals surface area (Å²) < 4.78 is 6.04. The number of hydrogen-bond acceptors (Lipinski definition) is 5.